The molecule has 0 amide bonds. The number of fused-ring (bicyclic) bond motifs is 4. The van der Waals surface area contributed by atoms with Crippen molar-refractivity contribution in [1.29, 1.82) is 0 Å². The normalized spacial score (nSPS) is 13.1. The van der Waals surface area contributed by atoms with Crippen LogP contribution in [0.4, 0.5) is 0 Å². The molecule has 0 saturated carbocycles. The van der Waals surface area contributed by atoms with Gasteiger partial charge in [-0.1, -0.05) is 195 Å². The number of ether oxygens (including phenoxy) is 1. The Morgan fingerprint density at radius 2 is 1.28 bits per heavy atom. The van der Waals surface area contributed by atoms with Crippen LogP contribution in [-0.2, 0) is 5.41 Å². The maximum absolute atomic E-state index is 9.26. The summed E-state index contributed by atoms with van der Waals surface area (Å²) in [5.41, 5.74) is 6.96. The van der Waals surface area contributed by atoms with Crippen molar-refractivity contribution in [3.05, 3.63) is 230 Å². The molecule has 314 valence electrons. The Kier molecular flexibility index (Phi) is 8.57. The fraction of sp³-hybridized carbons (Fsp3) is 0.0847. The van der Waals surface area contributed by atoms with Crippen molar-refractivity contribution in [1.82, 2.24) is 14.1 Å². The van der Waals surface area contributed by atoms with E-state index in [-0.39, 0.29) is 23.1 Å². The number of nitrogens with zero attached hydrogens (tertiary/aromatic N) is 4. The molecule has 0 atom stereocenters. The van der Waals surface area contributed by atoms with E-state index in [0.29, 0.717) is 22.7 Å². The molecule has 11 rings (SSSR count). The summed E-state index contributed by atoms with van der Waals surface area (Å²) in [5.74, 6) is 2.13. The van der Waals surface area contributed by atoms with Gasteiger partial charge in [0.2, 0.25) is 0 Å². The van der Waals surface area contributed by atoms with Crippen LogP contribution < -0.4 is 24.9 Å². The van der Waals surface area contributed by atoms with E-state index >= 15 is 0 Å². The van der Waals surface area contributed by atoms with Crippen molar-refractivity contribution in [3.63, 3.8) is 0 Å². The molecule has 0 fully saturated rings. The van der Waals surface area contributed by atoms with E-state index < -0.39 is 26.2 Å². The lowest BCUT2D eigenvalue weighted by molar-refractivity contribution is -0.570. The highest BCUT2D eigenvalue weighted by Gasteiger charge is 2.37. The van der Waals surface area contributed by atoms with Crippen LogP contribution in [-0.4, -0.2) is 22.2 Å². The van der Waals surface area contributed by atoms with Gasteiger partial charge in [-0.05, 0) is 75.8 Å². The maximum Gasteiger partial charge on any atom is 0.269 e. The molecule has 0 aliphatic heterocycles. The molecule has 0 N–H and O–H groups in total. The van der Waals surface area contributed by atoms with Crippen molar-refractivity contribution in [3.8, 4) is 39.8 Å². The fourth-order valence-electron chi connectivity index (χ4n) is 9.30. The van der Waals surface area contributed by atoms with Crippen molar-refractivity contribution >= 4 is 56.5 Å². The summed E-state index contributed by atoms with van der Waals surface area (Å²) >= 11 is 0. The van der Waals surface area contributed by atoms with Gasteiger partial charge >= 0.3 is 0 Å². The Bertz CT molecular complexity index is 3760. The lowest BCUT2D eigenvalue weighted by Gasteiger charge is -2.33. The third kappa shape index (κ3) is 7.03. The molecule has 0 radical (unpaired) electrons. The summed E-state index contributed by atoms with van der Waals surface area (Å²) in [7, 11) is -2.95. The van der Waals surface area contributed by atoms with Gasteiger partial charge in [0.1, 0.15) is 25.4 Å². The number of imidazole rings is 1. The van der Waals surface area contributed by atoms with Gasteiger partial charge < -0.3 is 4.74 Å². The summed E-state index contributed by atoms with van der Waals surface area (Å²) in [6, 6.07) is 60.0. The van der Waals surface area contributed by atoms with Crippen LogP contribution in [0.15, 0.2) is 218 Å². The molecular weight excluding hydrogens is 809 g/mol. The first kappa shape index (κ1) is 34.7. The van der Waals surface area contributed by atoms with Crippen molar-refractivity contribution in [2.45, 2.75) is 32.7 Å². The summed E-state index contributed by atoms with van der Waals surface area (Å²) in [5, 5.41) is 5.53. The number of hydrogen-bond donors (Lipinski definition) is 0. The van der Waals surface area contributed by atoms with Gasteiger partial charge in [-0.2, -0.15) is 0 Å². The summed E-state index contributed by atoms with van der Waals surface area (Å²) in [4.78, 5) is 4.87. The summed E-state index contributed by atoms with van der Waals surface area (Å²) in [6.45, 7) is 8.95. The molecule has 0 aliphatic carbocycles. The van der Waals surface area contributed by atoms with E-state index in [0.717, 1.165) is 59.9 Å². The van der Waals surface area contributed by atoms with Crippen LogP contribution >= 0.6 is 0 Å². The van der Waals surface area contributed by atoms with E-state index in [9.17, 15) is 2.74 Å². The standard InChI is InChI=1S/C59H48N4OSi/c1-59(2,3)43-36-37-60-57(38-43)63-52-30-15-14-28-50(52)51-35-34-46(40-55(51)63)64-45-23-18-22-44(39-45)61-41-62(54-32-17-16-31-53(54)61)58-49(42-20-8-5-9-21-42)29-19-33-56(58)65(4,47-24-10-6-11-25-47)48-26-12-7-13-27-48/h5-40H,1-4H3/i5D,8D,9D,20D,21D. The highest BCUT2D eigenvalue weighted by molar-refractivity contribution is 7.11. The minimum Gasteiger partial charge on any atom is -0.458 e. The van der Waals surface area contributed by atoms with Crippen LogP contribution in [0.5, 0.6) is 11.5 Å². The van der Waals surface area contributed by atoms with Gasteiger partial charge in [0.05, 0.1) is 40.3 Å². The number of hydrogen-bond acceptors (Lipinski definition) is 2. The Morgan fingerprint density at radius 3 is 2.03 bits per heavy atom. The van der Waals surface area contributed by atoms with Gasteiger partial charge in [0, 0.05) is 23.0 Å². The molecule has 0 aliphatic rings. The van der Waals surface area contributed by atoms with Crippen LogP contribution in [0, 0.1) is 6.33 Å². The highest BCUT2D eigenvalue weighted by Crippen LogP contribution is 2.36. The first-order valence-electron chi connectivity index (χ1n) is 24.4. The smallest absolute Gasteiger partial charge is 0.269 e. The van der Waals surface area contributed by atoms with Crippen molar-refractivity contribution in [2.24, 2.45) is 0 Å². The summed E-state index contributed by atoms with van der Waals surface area (Å²) in [6.07, 6.45) is 5.62. The minimum atomic E-state index is -2.95. The largest absolute Gasteiger partial charge is 0.458 e. The van der Waals surface area contributed by atoms with Crippen LogP contribution in [0.1, 0.15) is 33.2 Å². The Labute approximate surface area is 388 Å². The van der Waals surface area contributed by atoms with Crippen LogP contribution in [0.25, 0.3) is 61.2 Å². The molecular formula is C59H48N4OSi. The molecule has 3 aromatic heterocycles. The summed E-state index contributed by atoms with van der Waals surface area (Å²) < 4.78 is 57.5. The first-order chi connectivity index (χ1) is 33.8. The predicted octanol–water partition coefficient (Wildman–Crippen LogP) is 12.1. The monoisotopic (exact) mass is 861 g/mol. The van der Waals surface area contributed by atoms with E-state index in [1.807, 2.05) is 94.2 Å². The first-order valence-corrected chi connectivity index (χ1v) is 24.4. The van der Waals surface area contributed by atoms with E-state index in [1.54, 1.807) is 0 Å². The molecule has 6 heteroatoms. The Morgan fingerprint density at radius 1 is 0.615 bits per heavy atom. The molecule has 0 saturated heterocycles. The average Bonchev–Trinajstić information content (AvgIpc) is 3.93. The zero-order valence-electron chi connectivity index (χ0n) is 41.6. The van der Waals surface area contributed by atoms with Gasteiger partial charge in [-0.25, -0.2) is 4.98 Å². The van der Waals surface area contributed by atoms with Crippen molar-refractivity contribution < 1.29 is 16.2 Å². The SMILES string of the molecule is [2H]c1c([2H])c([2H])c(-c2cccc([Si](C)(c3ccccc3)c3ccccc3)c2-[n+]2[c-]n(-c3cccc(Oc4ccc5c6ccccc6n(-c6cc(C(C)(C)C)ccn6)c5c4)c3)c3ccccc32)c([2H])c1[2H]. The Balaban J connectivity index is 1.09. The van der Waals surface area contributed by atoms with Gasteiger partial charge in [0.15, 0.2) is 0 Å². The second-order valence-corrected chi connectivity index (χ2v) is 21.5. The maximum atomic E-state index is 9.26. The number of aromatic nitrogens is 4. The van der Waals surface area contributed by atoms with Crippen molar-refractivity contribution in [2.75, 3.05) is 0 Å². The Hall–Kier alpha value is -7.80. The molecule has 0 bridgehead atoms. The van der Waals surface area contributed by atoms with Gasteiger partial charge in [-0.15, -0.1) is 0 Å². The molecule has 5 nitrogen and oxygen atoms in total. The van der Waals surface area contributed by atoms with E-state index in [1.165, 1.54) is 5.56 Å². The number of pyridine rings is 1. The van der Waals surface area contributed by atoms with Gasteiger partial charge in [0.25, 0.3) is 6.33 Å². The lowest BCUT2D eigenvalue weighted by atomic mass is 9.88. The third-order valence-corrected chi connectivity index (χ3v) is 17.1. The molecule has 8 aromatic carbocycles. The number of benzene rings is 8. The quantitative estimate of drug-likeness (QED) is 0.0627. The molecule has 0 unspecified atom stereocenters. The lowest BCUT2D eigenvalue weighted by Crippen LogP contribution is -2.67. The fourth-order valence-corrected chi connectivity index (χ4v) is 13.1. The second-order valence-electron chi connectivity index (χ2n) is 17.6. The zero-order valence-corrected chi connectivity index (χ0v) is 37.6. The molecule has 0 spiro atoms. The predicted molar refractivity (Wildman–Crippen MR) is 270 cm³/mol. The van der Waals surface area contributed by atoms with E-state index in [4.69, 9.17) is 13.8 Å². The minimum absolute atomic E-state index is 0.0554. The third-order valence-electron chi connectivity index (χ3n) is 12.6. The van der Waals surface area contributed by atoms with Crippen LogP contribution in [0.3, 0.4) is 0 Å². The molecule has 11 aromatic rings. The number of para-hydroxylation sites is 4. The highest BCUT2D eigenvalue weighted by atomic mass is 28.3. The number of rotatable bonds is 9. The average molecular weight is 862 g/mol. The van der Waals surface area contributed by atoms with E-state index in [2.05, 4.69) is 141 Å². The molecule has 65 heavy (non-hydrogen) atoms. The van der Waals surface area contributed by atoms with Crippen LogP contribution in [0.2, 0.25) is 6.55 Å². The zero-order chi connectivity index (χ0) is 48.5. The molecule has 3 heterocycles. The van der Waals surface area contributed by atoms with Gasteiger partial charge in [-0.3, -0.25) is 13.7 Å². The second kappa shape index (κ2) is 16.1. The topological polar surface area (TPSA) is 35.9 Å².